The van der Waals surface area contributed by atoms with Crippen molar-refractivity contribution < 1.29 is 9.90 Å². The molecular weight excluding hydrogens is 332 g/mol. The van der Waals surface area contributed by atoms with E-state index < -0.39 is 12.0 Å². The van der Waals surface area contributed by atoms with Gasteiger partial charge in [0.15, 0.2) is 6.04 Å². The minimum absolute atomic E-state index is 0.179. The van der Waals surface area contributed by atoms with Gasteiger partial charge in [-0.15, -0.1) is 0 Å². The normalized spacial score (nSPS) is 17.4. The first-order valence-corrected chi connectivity index (χ1v) is 8.56. The molecule has 1 aromatic carbocycles. The SMILES string of the molecule is Cc1cc(C)c2[nH]c(=O)c(CN3CCc4[nH]cnc4C3C(=O)O)cc2c1. The van der Waals surface area contributed by atoms with Crippen molar-refractivity contribution in [3.05, 3.63) is 63.0 Å². The molecule has 7 nitrogen and oxygen atoms in total. The maximum absolute atomic E-state index is 12.6. The molecule has 0 saturated carbocycles. The summed E-state index contributed by atoms with van der Waals surface area (Å²) in [5, 5.41) is 10.6. The lowest BCUT2D eigenvalue weighted by Gasteiger charge is -2.31. The number of H-pyrrole nitrogens is 2. The molecule has 0 fully saturated rings. The molecule has 0 spiro atoms. The summed E-state index contributed by atoms with van der Waals surface area (Å²) in [5.74, 6) is -0.957. The maximum atomic E-state index is 12.6. The fourth-order valence-electron chi connectivity index (χ4n) is 3.84. The Labute approximate surface area is 149 Å². The fourth-order valence-corrected chi connectivity index (χ4v) is 3.84. The van der Waals surface area contributed by atoms with Crippen LogP contribution >= 0.6 is 0 Å². The molecule has 134 valence electrons. The zero-order valence-corrected chi connectivity index (χ0v) is 14.7. The van der Waals surface area contributed by atoms with Gasteiger partial charge in [0.05, 0.1) is 17.5 Å². The van der Waals surface area contributed by atoms with Crippen molar-refractivity contribution in [3.8, 4) is 0 Å². The molecular formula is C19H20N4O3. The molecule has 1 atom stereocenters. The molecule has 3 aromatic rings. The van der Waals surface area contributed by atoms with E-state index in [9.17, 15) is 14.7 Å². The fraction of sp³-hybridized carbons (Fsp3) is 0.316. The van der Waals surface area contributed by atoms with Crippen molar-refractivity contribution >= 4 is 16.9 Å². The third-order valence-electron chi connectivity index (χ3n) is 5.00. The second-order valence-corrected chi connectivity index (χ2v) is 6.90. The number of fused-ring (bicyclic) bond motifs is 2. The summed E-state index contributed by atoms with van der Waals surface area (Å²) in [4.78, 5) is 36.3. The van der Waals surface area contributed by atoms with Gasteiger partial charge in [0.2, 0.25) is 0 Å². The van der Waals surface area contributed by atoms with Gasteiger partial charge in [0.1, 0.15) is 0 Å². The molecule has 7 heteroatoms. The number of imidazole rings is 1. The third kappa shape index (κ3) is 2.70. The van der Waals surface area contributed by atoms with Crippen LogP contribution in [0.3, 0.4) is 0 Å². The largest absolute Gasteiger partial charge is 0.480 e. The number of benzene rings is 1. The average Bonchev–Trinajstić information content (AvgIpc) is 3.04. The molecule has 0 bridgehead atoms. The summed E-state index contributed by atoms with van der Waals surface area (Å²) in [7, 11) is 0. The molecule has 1 unspecified atom stereocenters. The predicted molar refractivity (Wildman–Crippen MR) is 97.1 cm³/mol. The molecule has 0 aliphatic carbocycles. The van der Waals surface area contributed by atoms with Crippen LogP contribution in [-0.2, 0) is 17.8 Å². The van der Waals surface area contributed by atoms with Crippen LogP contribution in [0.15, 0.2) is 29.3 Å². The number of aliphatic carboxylic acids is 1. The zero-order chi connectivity index (χ0) is 18.4. The molecule has 2 aromatic heterocycles. The number of aromatic amines is 2. The number of carboxylic acids is 1. The highest BCUT2D eigenvalue weighted by atomic mass is 16.4. The first kappa shape index (κ1) is 16.5. The van der Waals surface area contributed by atoms with Crippen LogP contribution in [0.4, 0.5) is 0 Å². The smallest absolute Gasteiger partial charge is 0.327 e. The number of pyridine rings is 1. The molecule has 0 saturated heterocycles. The molecule has 4 rings (SSSR count). The van der Waals surface area contributed by atoms with Crippen LogP contribution in [0.1, 0.15) is 34.1 Å². The van der Waals surface area contributed by atoms with Crippen LogP contribution in [0, 0.1) is 13.8 Å². The predicted octanol–water partition coefficient (Wildman–Crippen LogP) is 2.05. The van der Waals surface area contributed by atoms with Crippen molar-refractivity contribution in [2.75, 3.05) is 6.54 Å². The number of hydrogen-bond donors (Lipinski definition) is 3. The van der Waals surface area contributed by atoms with E-state index in [1.165, 1.54) is 6.33 Å². The van der Waals surface area contributed by atoms with E-state index in [0.717, 1.165) is 27.7 Å². The quantitative estimate of drug-likeness (QED) is 0.670. The van der Waals surface area contributed by atoms with Gasteiger partial charge in [-0.3, -0.25) is 14.5 Å². The minimum Gasteiger partial charge on any atom is -0.480 e. The first-order valence-electron chi connectivity index (χ1n) is 8.56. The van der Waals surface area contributed by atoms with Gasteiger partial charge in [0.25, 0.3) is 5.56 Å². The molecule has 0 radical (unpaired) electrons. The van der Waals surface area contributed by atoms with E-state index in [0.29, 0.717) is 24.2 Å². The highest BCUT2D eigenvalue weighted by Crippen LogP contribution is 2.29. The highest BCUT2D eigenvalue weighted by Gasteiger charge is 2.35. The second kappa shape index (κ2) is 6.10. The maximum Gasteiger partial charge on any atom is 0.327 e. The summed E-state index contributed by atoms with van der Waals surface area (Å²) in [6.07, 6.45) is 2.21. The van der Waals surface area contributed by atoms with Crippen molar-refractivity contribution in [1.82, 2.24) is 19.9 Å². The van der Waals surface area contributed by atoms with E-state index in [1.807, 2.05) is 32.0 Å². The Morgan fingerprint density at radius 3 is 2.92 bits per heavy atom. The van der Waals surface area contributed by atoms with Gasteiger partial charge < -0.3 is 15.1 Å². The van der Waals surface area contributed by atoms with Gasteiger partial charge in [-0.05, 0) is 36.9 Å². The Kier molecular flexibility index (Phi) is 3.88. The van der Waals surface area contributed by atoms with Crippen LogP contribution in [-0.4, -0.2) is 37.5 Å². The number of aryl methyl sites for hydroxylation is 2. The van der Waals surface area contributed by atoms with E-state index in [1.54, 1.807) is 4.90 Å². The second-order valence-electron chi connectivity index (χ2n) is 6.90. The number of aromatic nitrogens is 3. The lowest BCUT2D eigenvalue weighted by atomic mass is 10.0. The third-order valence-corrected chi connectivity index (χ3v) is 5.00. The van der Waals surface area contributed by atoms with Crippen molar-refractivity contribution in [3.63, 3.8) is 0 Å². The number of hydrogen-bond acceptors (Lipinski definition) is 4. The number of nitrogens with one attached hydrogen (secondary N) is 2. The number of carbonyl (C=O) groups is 1. The van der Waals surface area contributed by atoms with Gasteiger partial charge in [0, 0.05) is 30.8 Å². The van der Waals surface area contributed by atoms with E-state index in [4.69, 9.17) is 0 Å². The molecule has 3 N–H and O–H groups in total. The molecule has 1 aliphatic rings. The van der Waals surface area contributed by atoms with Gasteiger partial charge in [-0.1, -0.05) is 11.6 Å². The zero-order valence-electron chi connectivity index (χ0n) is 14.7. The van der Waals surface area contributed by atoms with E-state index in [-0.39, 0.29) is 12.1 Å². The summed E-state index contributed by atoms with van der Waals surface area (Å²) in [5.41, 5.74) is 4.74. The minimum atomic E-state index is -0.957. The lowest BCUT2D eigenvalue weighted by Crippen LogP contribution is -2.40. The van der Waals surface area contributed by atoms with Gasteiger partial charge in [-0.2, -0.15) is 0 Å². The van der Waals surface area contributed by atoms with Crippen LogP contribution in [0.2, 0.25) is 0 Å². The van der Waals surface area contributed by atoms with Crippen LogP contribution in [0.25, 0.3) is 10.9 Å². The molecule has 3 heterocycles. The molecule has 1 aliphatic heterocycles. The summed E-state index contributed by atoms with van der Waals surface area (Å²) in [6.45, 7) is 4.80. The topological polar surface area (TPSA) is 102 Å². The number of carboxylic acid groups (broad SMARTS) is 1. The summed E-state index contributed by atoms with van der Waals surface area (Å²) >= 11 is 0. The Morgan fingerprint density at radius 2 is 2.15 bits per heavy atom. The first-order chi connectivity index (χ1) is 12.4. The van der Waals surface area contributed by atoms with Gasteiger partial charge in [-0.25, -0.2) is 4.98 Å². The number of nitrogens with zero attached hydrogens (tertiary/aromatic N) is 2. The highest BCUT2D eigenvalue weighted by molar-refractivity contribution is 5.83. The molecule has 26 heavy (non-hydrogen) atoms. The van der Waals surface area contributed by atoms with Crippen molar-refractivity contribution in [2.24, 2.45) is 0 Å². The Balaban J connectivity index is 1.74. The van der Waals surface area contributed by atoms with E-state index >= 15 is 0 Å². The van der Waals surface area contributed by atoms with Crippen LogP contribution < -0.4 is 5.56 Å². The summed E-state index contributed by atoms with van der Waals surface area (Å²) < 4.78 is 0. The average molecular weight is 352 g/mol. The summed E-state index contributed by atoms with van der Waals surface area (Å²) in [6, 6.07) is 5.08. The Bertz CT molecular complexity index is 1070. The Morgan fingerprint density at radius 1 is 1.35 bits per heavy atom. The lowest BCUT2D eigenvalue weighted by molar-refractivity contribution is -0.144. The van der Waals surface area contributed by atoms with Crippen molar-refractivity contribution in [2.45, 2.75) is 32.9 Å². The van der Waals surface area contributed by atoms with E-state index in [2.05, 4.69) is 15.0 Å². The Hall–Kier alpha value is -2.93. The van der Waals surface area contributed by atoms with Crippen LogP contribution in [0.5, 0.6) is 0 Å². The standard InChI is InChI=1S/C19H20N4O3/c1-10-5-11(2)15-12(6-10)7-13(18(24)22-15)8-23-4-3-14-16(21-9-20-14)17(23)19(25)26/h5-7,9,17H,3-4,8H2,1-2H3,(H,20,21)(H,22,24)(H,25,26). The van der Waals surface area contributed by atoms with Gasteiger partial charge >= 0.3 is 5.97 Å². The number of rotatable bonds is 3. The monoisotopic (exact) mass is 352 g/mol. The molecule has 0 amide bonds. The van der Waals surface area contributed by atoms with Crippen molar-refractivity contribution in [1.29, 1.82) is 0 Å².